The molecule has 0 aromatic carbocycles. The van der Waals surface area contributed by atoms with Crippen LogP contribution in [0.3, 0.4) is 0 Å². The third-order valence-electron chi connectivity index (χ3n) is 11.1. The number of rotatable bonds is 47. The van der Waals surface area contributed by atoms with Crippen molar-refractivity contribution in [2.24, 2.45) is 0 Å². The first kappa shape index (κ1) is 61.3. The molecule has 0 saturated heterocycles. The highest BCUT2D eigenvalue weighted by Crippen LogP contribution is 2.14. The Kier molecular flexibility index (Phi) is 50.0. The van der Waals surface area contributed by atoms with E-state index in [0.29, 0.717) is 25.7 Å². The molecule has 0 saturated carbocycles. The molecule has 0 aromatic rings. The summed E-state index contributed by atoms with van der Waals surface area (Å²) in [5.41, 5.74) is 0. The summed E-state index contributed by atoms with van der Waals surface area (Å²) in [5.74, 6) is -0.976. The smallest absolute Gasteiger partial charge is 0.306 e. The molecule has 0 aliphatic carbocycles. The molecule has 1 atom stereocenters. The van der Waals surface area contributed by atoms with Crippen molar-refractivity contribution in [1.82, 2.24) is 0 Å². The van der Waals surface area contributed by atoms with E-state index in [1.54, 1.807) is 0 Å². The van der Waals surface area contributed by atoms with E-state index in [1.807, 2.05) is 0 Å². The second kappa shape index (κ2) is 52.9. The number of hydrogen-bond acceptors (Lipinski definition) is 6. The van der Waals surface area contributed by atoms with Crippen molar-refractivity contribution >= 4 is 17.9 Å². The Balaban J connectivity index is 4.40. The van der Waals surface area contributed by atoms with Crippen molar-refractivity contribution in [3.05, 3.63) is 97.2 Å². The molecular weight excluding hydrogens is 805 g/mol. The minimum absolute atomic E-state index is 0.105. The van der Waals surface area contributed by atoms with Crippen LogP contribution >= 0.6 is 0 Å². The van der Waals surface area contributed by atoms with Crippen LogP contribution in [0.4, 0.5) is 0 Å². The number of unbranched alkanes of at least 4 members (excludes halogenated alkanes) is 21. The van der Waals surface area contributed by atoms with E-state index in [1.165, 1.54) is 103 Å². The molecule has 6 nitrogen and oxygen atoms in total. The molecule has 0 aliphatic rings. The van der Waals surface area contributed by atoms with Crippen molar-refractivity contribution in [3.63, 3.8) is 0 Å². The second-order valence-electron chi connectivity index (χ2n) is 17.4. The van der Waals surface area contributed by atoms with Gasteiger partial charge in [-0.05, 0) is 109 Å². The minimum Gasteiger partial charge on any atom is -0.462 e. The average Bonchev–Trinajstić information content (AvgIpc) is 3.30. The molecule has 0 amide bonds. The molecule has 0 heterocycles. The summed E-state index contributed by atoms with van der Waals surface area (Å²) < 4.78 is 16.7. The first-order valence-corrected chi connectivity index (χ1v) is 26.8. The highest BCUT2D eigenvalue weighted by molar-refractivity contribution is 5.71. The maximum absolute atomic E-state index is 12.8. The van der Waals surface area contributed by atoms with Gasteiger partial charge in [-0.1, -0.05) is 208 Å². The summed E-state index contributed by atoms with van der Waals surface area (Å²) in [4.78, 5) is 37.9. The van der Waals surface area contributed by atoms with E-state index < -0.39 is 6.10 Å². The number of allylic oxidation sites excluding steroid dienone is 16. The van der Waals surface area contributed by atoms with Gasteiger partial charge in [0.05, 0.1) is 0 Å². The van der Waals surface area contributed by atoms with Gasteiger partial charge in [0.1, 0.15) is 13.2 Å². The van der Waals surface area contributed by atoms with Gasteiger partial charge in [0, 0.05) is 19.3 Å². The molecule has 370 valence electrons. The Morgan fingerprint density at radius 3 is 1.15 bits per heavy atom. The van der Waals surface area contributed by atoms with Gasteiger partial charge in [0.2, 0.25) is 0 Å². The molecule has 0 N–H and O–H groups in total. The SMILES string of the molecule is CC/C=C\C/C=C\C/C=C\C/C=C\C/C=C\CCCCCC(=O)OCC(COC(=O)CCC/C=C\CCCCCC)OC(=O)CCCCCCCCCCCC/C=C\C=C/CCCCC. The molecule has 0 aliphatic heterocycles. The number of esters is 3. The van der Waals surface area contributed by atoms with E-state index in [4.69, 9.17) is 14.2 Å². The summed E-state index contributed by atoms with van der Waals surface area (Å²) >= 11 is 0. The Morgan fingerprint density at radius 1 is 0.338 bits per heavy atom. The van der Waals surface area contributed by atoms with Crippen molar-refractivity contribution in [3.8, 4) is 0 Å². The van der Waals surface area contributed by atoms with Gasteiger partial charge in [-0.2, -0.15) is 0 Å². The van der Waals surface area contributed by atoms with Crippen LogP contribution < -0.4 is 0 Å². The number of hydrogen-bond donors (Lipinski definition) is 0. The average molecular weight is 903 g/mol. The molecule has 0 bridgehead atoms. The summed E-state index contributed by atoms with van der Waals surface area (Å²) in [5, 5.41) is 0. The van der Waals surface area contributed by atoms with Crippen LogP contribution in [0.25, 0.3) is 0 Å². The van der Waals surface area contributed by atoms with Gasteiger partial charge in [-0.15, -0.1) is 0 Å². The van der Waals surface area contributed by atoms with Crippen LogP contribution in [-0.2, 0) is 28.6 Å². The fraction of sp³-hybridized carbons (Fsp3) is 0.678. The highest BCUT2D eigenvalue weighted by Gasteiger charge is 2.19. The van der Waals surface area contributed by atoms with E-state index >= 15 is 0 Å². The zero-order chi connectivity index (χ0) is 47.2. The van der Waals surface area contributed by atoms with Gasteiger partial charge in [0.15, 0.2) is 6.10 Å². The number of carbonyl (C=O) groups is 3. The monoisotopic (exact) mass is 903 g/mol. The third-order valence-corrected chi connectivity index (χ3v) is 11.1. The molecular formula is C59H98O6. The summed E-state index contributed by atoms with van der Waals surface area (Å²) in [7, 11) is 0. The molecule has 0 fully saturated rings. The maximum Gasteiger partial charge on any atom is 0.306 e. The topological polar surface area (TPSA) is 78.9 Å². The van der Waals surface area contributed by atoms with Crippen molar-refractivity contribution in [2.45, 2.75) is 245 Å². The van der Waals surface area contributed by atoms with Crippen molar-refractivity contribution < 1.29 is 28.6 Å². The molecule has 1 unspecified atom stereocenters. The Morgan fingerprint density at radius 2 is 0.662 bits per heavy atom. The zero-order valence-corrected chi connectivity index (χ0v) is 42.2. The number of ether oxygens (including phenoxy) is 3. The lowest BCUT2D eigenvalue weighted by atomic mass is 10.1. The maximum atomic E-state index is 12.8. The fourth-order valence-corrected chi connectivity index (χ4v) is 7.05. The predicted molar refractivity (Wildman–Crippen MR) is 279 cm³/mol. The number of carbonyl (C=O) groups excluding carboxylic acids is 3. The van der Waals surface area contributed by atoms with Crippen molar-refractivity contribution in [2.75, 3.05) is 13.2 Å². The van der Waals surface area contributed by atoms with Gasteiger partial charge < -0.3 is 14.2 Å². The zero-order valence-electron chi connectivity index (χ0n) is 42.2. The molecule has 0 radical (unpaired) electrons. The van der Waals surface area contributed by atoms with E-state index in [0.717, 1.165) is 89.9 Å². The van der Waals surface area contributed by atoms with Crippen LogP contribution in [0.2, 0.25) is 0 Å². The molecule has 6 heteroatoms. The second-order valence-corrected chi connectivity index (χ2v) is 17.4. The van der Waals surface area contributed by atoms with E-state index in [9.17, 15) is 14.4 Å². The van der Waals surface area contributed by atoms with E-state index in [2.05, 4.69) is 118 Å². The molecule has 0 spiro atoms. The lowest BCUT2D eigenvalue weighted by Gasteiger charge is -2.18. The first-order chi connectivity index (χ1) is 32.0. The van der Waals surface area contributed by atoms with Gasteiger partial charge in [-0.25, -0.2) is 0 Å². The van der Waals surface area contributed by atoms with Crippen LogP contribution in [0.15, 0.2) is 97.2 Å². The molecule has 0 aromatic heterocycles. The Labute approximate surface area is 400 Å². The van der Waals surface area contributed by atoms with Crippen LogP contribution in [-0.4, -0.2) is 37.2 Å². The Hall–Kier alpha value is -3.67. The van der Waals surface area contributed by atoms with Gasteiger partial charge in [-0.3, -0.25) is 14.4 Å². The fourth-order valence-electron chi connectivity index (χ4n) is 7.05. The van der Waals surface area contributed by atoms with Crippen LogP contribution in [0, 0.1) is 0 Å². The summed E-state index contributed by atoms with van der Waals surface area (Å²) in [6.45, 7) is 6.40. The Bertz CT molecular complexity index is 1310. The largest absolute Gasteiger partial charge is 0.462 e. The van der Waals surface area contributed by atoms with Gasteiger partial charge >= 0.3 is 17.9 Å². The van der Waals surface area contributed by atoms with Crippen LogP contribution in [0.5, 0.6) is 0 Å². The third kappa shape index (κ3) is 51.2. The molecule has 65 heavy (non-hydrogen) atoms. The summed E-state index contributed by atoms with van der Waals surface area (Å²) in [6.07, 6.45) is 69.7. The van der Waals surface area contributed by atoms with Crippen LogP contribution in [0.1, 0.15) is 239 Å². The standard InChI is InChI=1S/C59H98O6/c1-4-7-10-13-16-19-21-23-25-27-29-31-33-35-37-40-43-46-49-52-58(61)64-55-56(54-63-57(60)51-48-45-42-39-18-15-12-9-6-3)65-59(62)53-50-47-44-41-38-36-34-32-30-28-26-24-22-20-17-14-11-8-5-2/h7,10,16-17,19-20,22-25,29,31,35,37,39,42,56H,4-6,8-9,11-15,18,21,26-28,30,32-34,36,38,40-41,43-55H2,1-3H3/b10-7-,19-16-,20-17-,24-22-,25-23-,31-29-,37-35-,42-39-. The van der Waals surface area contributed by atoms with Gasteiger partial charge in [0.25, 0.3) is 0 Å². The predicted octanol–water partition coefficient (Wildman–Crippen LogP) is 17.8. The normalized spacial score (nSPS) is 12.8. The lowest BCUT2D eigenvalue weighted by Crippen LogP contribution is -2.30. The first-order valence-electron chi connectivity index (χ1n) is 26.8. The quantitative estimate of drug-likeness (QED) is 0.0199. The van der Waals surface area contributed by atoms with E-state index in [-0.39, 0.29) is 31.1 Å². The molecule has 0 rings (SSSR count). The summed E-state index contributed by atoms with van der Waals surface area (Å²) in [6, 6.07) is 0. The highest BCUT2D eigenvalue weighted by atomic mass is 16.6. The van der Waals surface area contributed by atoms with Crippen molar-refractivity contribution in [1.29, 1.82) is 0 Å². The lowest BCUT2D eigenvalue weighted by molar-refractivity contribution is -0.167. The minimum atomic E-state index is -0.804.